The number of halogens is 1. The van der Waals surface area contributed by atoms with E-state index in [4.69, 9.17) is 28.6 Å². The molecule has 1 amide bonds. The molecule has 1 aromatic heterocycles. The second-order valence-electron chi connectivity index (χ2n) is 5.66. The van der Waals surface area contributed by atoms with E-state index in [9.17, 15) is 4.79 Å². The number of hydrogen-bond donors (Lipinski definition) is 1. The van der Waals surface area contributed by atoms with Crippen molar-refractivity contribution in [3.63, 3.8) is 0 Å². The van der Waals surface area contributed by atoms with Crippen molar-refractivity contribution in [1.29, 1.82) is 0 Å². The first kappa shape index (κ1) is 18.8. The van der Waals surface area contributed by atoms with E-state index < -0.39 is 0 Å². The monoisotopic (exact) mass is 415 g/mol. The van der Waals surface area contributed by atoms with Gasteiger partial charge in [-0.3, -0.25) is 4.79 Å². The zero-order valence-corrected chi connectivity index (χ0v) is 16.8. The Morgan fingerprint density at radius 2 is 2.32 bits per heavy atom. The summed E-state index contributed by atoms with van der Waals surface area (Å²) in [6.45, 7) is 3.22. The van der Waals surface area contributed by atoms with Crippen LogP contribution in [-0.4, -0.2) is 40.2 Å². The van der Waals surface area contributed by atoms with Crippen LogP contribution in [0.2, 0.25) is 5.02 Å². The van der Waals surface area contributed by atoms with Gasteiger partial charge in [0.25, 0.3) is 0 Å². The molecule has 0 unspecified atom stereocenters. The number of nitrogens with one attached hydrogen (secondary N) is 1. The minimum atomic E-state index is -0.249. The molecule has 5 nitrogen and oxygen atoms in total. The van der Waals surface area contributed by atoms with Crippen LogP contribution >= 0.6 is 46.9 Å². The number of thioether (sulfide) groups is 1. The lowest BCUT2D eigenvalue weighted by molar-refractivity contribution is -0.120. The fraction of sp³-hybridized carbons (Fsp3) is 0.438. The highest BCUT2D eigenvalue weighted by molar-refractivity contribution is 8.02. The van der Waals surface area contributed by atoms with Crippen LogP contribution in [0, 0.1) is 3.95 Å². The number of carbonyl (C=O) groups excluding carboxylic acids is 1. The number of rotatable bonds is 6. The lowest BCUT2D eigenvalue weighted by atomic mass is 10.2. The fourth-order valence-corrected chi connectivity index (χ4v) is 5.08. The molecule has 2 aromatic rings. The van der Waals surface area contributed by atoms with Gasteiger partial charge in [0, 0.05) is 18.2 Å². The van der Waals surface area contributed by atoms with E-state index in [2.05, 4.69) is 10.4 Å². The van der Waals surface area contributed by atoms with Gasteiger partial charge >= 0.3 is 0 Å². The SMILES string of the molecule is C[C@@H](Sc1nn(-c2ccc(Cl)cc2)c(=S)s1)C(=O)NC[C@@H]1CCCO1. The van der Waals surface area contributed by atoms with E-state index in [0.717, 1.165) is 29.5 Å². The highest BCUT2D eigenvalue weighted by Gasteiger charge is 2.20. The third kappa shape index (κ3) is 5.04. The highest BCUT2D eigenvalue weighted by Crippen LogP contribution is 2.28. The van der Waals surface area contributed by atoms with Crippen molar-refractivity contribution in [2.45, 2.75) is 35.5 Å². The summed E-state index contributed by atoms with van der Waals surface area (Å²) in [5.74, 6) is -0.0142. The molecule has 134 valence electrons. The van der Waals surface area contributed by atoms with Crippen LogP contribution in [0.15, 0.2) is 28.6 Å². The number of hydrogen-bond acceptors (Lipinski definition) is 6. The molecule has 2 atom stereocenters. The summed E-state index contributed by atoms with van der Waals surface area (Å²) in [6, 6.07) is 7.33. The van der Waals surface area contributed by atoms with Gasteiger partial charge in [-0.25, -0.2) is 4.68 Å². The van der Waals surface area contributed by atoms with Gasteiger partial charge in [-0.1, -0.05) is 34.7 Å². The van der Waals surface area contributed by atoms with Gasteiger partial charge in [0.1, 0.15) is 0 Å². The van der Waals surface area contributed by atoms with Crippen LogP contribution in [0.4, 0.5) is 0 Å². The fourth-order valence-electron chi connectivity index (χ4n) is 2.42. The molecule has 9 heteroatoms. The van der Waals surface area contributed by atoms with Gasteiger partial charge in [0.05, 0.1) is 17.0 Å². The zero-order chi connectivity index (χ0) is 17.8. The third-order valence-corrected chi connectivity index (χ3v) is 6.44. The third-order valence-electron chi connectivity index (χ3n) is 3.78. The Morgan fingerprint density at radius 1 is 1.56 bits per heavy atom. The van der Waals surface area contributed by atoms with Crippen LogP contribution in [0.1, 0.15) is 19.8 Å². The quantitative estimate of drug-likeness (QED) is 0.568. The Balaban J connectivity index is 1.60. The maximum atomic E-state index is 12.2. The predicted molar refractivity (Wildman–Crippen MR) is 105 cm³/mol. The molecule has 3 rings (SSSR count). The average Bonchev–Trinajstić information content (AvgIpc) is 3.23. The molecule has 1 N–H and O–H groups in total. The number of amides is 1. The Kier molecular flexibility index (Phi) is 6.51. The first-order valence-electron chi connectivity index (χ1n) is 7.95. The van der Waals surface area contributed by atoms with Crippen molar-refractivity contribution in [3.05, 3.63) is 33.2 Å². The minimum absolute atomic E-state index is 0.0142. The Bertz CT molecular complexity index is 785. The van der Waals surface area contributed by atoms with Crippen molar-refractivity contribution in [3.8, 4) is 5.69 Å². The lowest BCUT2D eigenvalue weighted by Crippen LogP contribution is -2.36. The Hall–Kier alpha value is -0.930. The molecular formula is C16H18ClN3O2S3. The molecule has 25 heavy (non-hydrogen) atoms. The summed E-state index contributed by atoms with van der Waals surface area (Å²) in [5, 5.41) is 7.88. The molecule has 1 aliphatic rings. The topological polar surface area (TPSA) is 56.2 Å². The maximum absolute atomic E-state index is 12.2. The van der Waals surface area contributed by atoms with Gasteiger partial charge < -0.3 is 10.1 Å². The van der Waals surface area contributed by atoms with Gasteiger partial charge in [-0.2, -0.15) is 0 Å². The van der Waals surface area contributed by atoms with Crippen LogP contribution in [-0.2, 0) is 9.53 Å². The highest BCUT2D eigenvalue weighted by atomic mass is 35.5. The van der Waals surface area contributed by atoms with Crippen LogP contribution in [0.3, 0.4) is 0 Å². The summed E-state index contributed by atoms with van der Waals surface area (Å²) in [5.41, 5.74) is 0.855. The van der Waals surface area contributed by atoms with Gasteiger partial charge in [-0.05, 0) is 56.2 Å². The minimum Gasteiger partial charge on any atom is -0.376 e. The summed E-state index contributed by atoms with van der Waals surface area (Å²) >= 11 is 14.1. The molecular weight excluding hydrogens is 398 g/mol. The van der Waals surface area contributed by atoms with Crippen molar-refractivity contribution in [2.24, 2.45) is 0 Å². The second-order valence-corrected chi connectivity index (χ2v) is 9.31. The zero-order valence-electron chi connectivity index (χ0n) is 13.6. The predicted octanol–water partition coefficient (Wildman–Crippen LogP) is 4.09. The average molecular weight is 416 g/mol. The lowest BCUT2D eigenvalue weighted by Gasteiger charge is -2.13. The first-order valence-corrected chi connectivity index (χ1v) is 10.4. The molecule has 0 radical (unpaired) electrons. The van der Waals surface area contributed by atoms with Gasteiger partial charge in [0.2, 0.25) is 5.91 Å². The van der Waals surface area contributed by atoms with Crippen molar-refractivity contribution in [2.75, 3.05) is 13.2 Å². The van der Waals surface area contributed by atoms with Crippen molar-refractivity contribution >= 4 is 52.8 Å². The van der Waals surface area contributed by atoms with Crippen LogP contribution in [0.25, 0.3) is 5.69 Å². The number of ether oxygens (including phenoxy) is 1. The van der Waals surface area contributed by atoms with Crippen molar-refractivity contribution < 1.29 is 9.53 Å². The van der Waals surface area contributed by atoms with E-state index >= 15 is 0 Å². The van der Waals surface area contributed by atoms with Gasteiger partial charge in [-0.15, -0.1) is 5.10 Å². The molecule has 1 saturated heterocycles. The molecule has 2 heterocycles. The van der Waals surface area contributed by atoms with E-state index in [1.54, 1.807) is 16.8 Å². The van der Waals surface area contributed by atoms with E-state index in [1.165, 1.54) is 23.1 Å². The summed E-state index contributed by atoms with van der Waals surface area (Å²) in [4.78, 5) is 12.2. The van der Waals surface area contributed by atoms with Gasteiger partial charge in [0.15, 0.2) is 8.29 Å². The van der Waals surface area contributed by atoms with E-state index in [-0.39, 0.29) is 17.3 Å². The van der Waals surface area contributed by atoms with Crippen LogP contribution in [0.5, 0.6) is 0 Å². The van der Waals surface area contributed by atoms with E-state index in [0.29, 0.717) is 15.5 Å². The summed E-state index contributed by atoms with van der Waals surface area (Å²) in [7, 11) is 0. The smallest absolute Gasteiger partial charge is 0.233 e. The summed E-state index contributed by atoms with van der Waals surface area (Å²) < 4.78 is 8.61. The molecule has 1 aliphatic heterocycles. The van der Waals surface area contributed by atoms with Crippen LogP contribution < -0.4 is 5.32 Å². The normalized spacial score (nSPS) is 18.2. The second kappa shape index (κ2) is 8.64. The van der Waals surface area contributed by atoms with E-state index in [1.807, 2.05) is 19.1 Å². The number of nitrogens with zero attached hydrogens (tertiary/aromatic N) is 2. The number of carbonyl (C=O) groups is 1. The van der Waals surface area contributed by atoms with Crippen molar-refractivity contribution in [1.82, 2.24) is 15.1 Å². The number of benzene rings is 1. The molecule has 0 aliphatic carbocycles. The number of aromatic nitrogens is 2. The summed E-state index contributed by atoms with van der Waals surface area (Å²) in [6.07, 6.45) is 2.22. The Labute approximate surface area is 164 Å². The maximum Gasteiger partial charge on any atom is 0.233 e. The first-order chi connectivity index (χ1) is 12.0. The standard InChI is InChI=1S/C16H18ClN3O2S3/c1-10(14(21)18-9-13-3-2-8-22-13)24-15-19-20(16(23)25-15)12-6-4-11(17)5-7-12/h4-7,10,13H,2-3,8-9H2,1H3,(H,18,21)/t10-,13+/m1/s1. The molecule has 0 bridgehead atoms. The molecule has 0 saturated carbocycles. The largest absolute Gasteiger partial charge is 0.376 e. The Morgan fingerprint density at radius 3 is 3.00 bits per heavy atom. The molecule has 1 aromatic carbocycles. The molecule has 0 spiro atoms. The molecule has 1 fully saturated rings.